The molecule has 1 aliphatic heterocycles. The van der Waals surface area contributed by atoms with E-state index in [0.717, 1.165) is 49.5 Å². The lowest BCUT2D eigenvalue weighted by Gasteiger charge is -2.24. The topological polar surface area (TPSA) is 50.5 Å². The Kier molecular flexibility index (Phi) is 9.16. The summed E-state index contributed by atoms with van der Waals surface area (Å²) >= 11 is 13.0. The van der Waals surface area contributed by atoms with Gasteiger partial charge in [-0.05, 0) is 43.7 Å². The van der Waals surface area contributed by atoms with Gasteiger partial charge in [0.25, 0.3) is 0 Å². The Bertz CT molecular complexity index is 632. The Morgan fingerprint density at radius 3 is 2.77 bits per heavy atom. The molecule has 0 saturated carbocycles. The van der Waals surface area contributed by atoms with E-state index in [1.165, 1.54) is 12.8 Å². The Morgan fingerprint density at radius 1 is 1.23 bits per heavy atom. The van der Waals surface area contributed by atoms with E-state index in [9.17, 15) is 0 Å². The lowest BCUT2D eigenvalue weighted by Crippen LogP contribution is -2.20. The highest BCUT2D eigenvalue weighted by atomic mass is 35.5. The minimum absolute atomic E-state index is 0.652. The van der Waals surface area contributed by atoms with Gasteiger partial charge in [-0.3, -0.25) is 0 Å². The predicted octanol–water partition coefficient (Wildman–Crippen LogP) is 5.17. The number of allylic oxidation sites excluding steroid dienone is 1. The van der Waals surface area contributed by atoms with Gasteiger partial charge in [0.1, 0.15) is 5.76 Å². The predicted molar refractivity (Wildman–Crippen MR) is 112 cm³/mol. The molecular formula is C20H29Cl2N3O. The summed E-state index contributed by atoms with van der Waals surface area (Å²) in [6.07, 6.45) is 10.5. The van der Waals surface area contributed by atoms with Gasteiger partial charge in [0.2, 0.25) is 0 Å². The number of hydrogen-bond acceptors (Lipinski definition) is 4. The quantitative estimate of drug-likeness (QED) is 0.505. The highest BCUT2D eigenvalue weighted by molar-refractivity contribution is 6.37. The van der Waals surface area contributed by atoms with Gasteiger partial charge in [-0.1, -0.05) is 43.0 Å². The molecule has 1 aromatic carbocycles. The third-order valence-corrected chi connectivity index (χ3v) is 5.02. The van der Waals surface area contributed by atoms with E-state index < -0.39 is 0 Å². The van der Waals surface area contributed by atoms with Gasteiger partial charge < -0.3 is 20.7 Å². The van der Waals surface area contributed by atoms with Crippen LogP contribution in [0.1, 0.15) is 38.2 Å². The first kappa shape index (κ1) is 20.9. The third kappa shape index (κ3) is 6.42. The summed E-state index contributed by atoms with van der Waals surface area (Å²) in [6, 6.07) is 3.80. The summed E-state index contributed by atoms with van der Waals surface area (Å²) < 4.78 is 5.78. The van der Waals surface area contributed by atoms with Crippen molar-refractivity contribution in [3.63, 3.8) is 0 Å². The lowest BCUT2D eigenvalue weighted by molar-refractivity contribution is 0.211. The summed E-state index contributed by atoms with van der Waals surface area (Å²) in [5.74, 6) is 0.937. The van der Waals surface area contributed by atoms with Crippen molar-refractivity contribution in [3.8, 4) is 0 Å². The molecule has 1 heterocycles. The van der Waals surface area contributed by atoms with Crippen molar-refractivity contribution in [1.82, 2.24) is 4.90 Å². The fourth-order valence-electron chi connectivity index (χ4n) is 2.69. The van der Waals surface area contributed by atoms with E-state index in [4.69, 9.17) is 33.7 Å². The standard InChI is InChI=1S/C20H29Cl2N3O/c1-2-3-4-14-26-16-8-12-25(13-9-16)15-17-18(21)6-7-19(20(17)22)24-11-5-10-23/h6-9,12,24H,2-5,10-11,13-15,23H2,1H3. The van der Waals surface area contributed by atoms with Gasteiger partial charge in [-0.25, -0.2) is 0 Å². The number of anilines is 1. The van der Waals surface area contributed by atoms with Gasteiger partial charge >= 0.3 is 0 Å². The maximum absolute atomic E-state index is 6.57. The normalized spacial score (nSPS) is 13.7. The number of benzene rings is 1. The number of halogens is 2. The molecule has 0 aromatic heterocycles. The number of unbranched alkanes of at least 4 members (excludes halogenated alkanes) is 2. The average Bonchev–Trinajstić information content (AvgIpc) is 2.65. The molecule has 0 bridgehead atoms. The molecule has 0 amide bonds. The molecule has 0 radical (unpaired) electrons. The summed E-state index contributed by atoms with van der Waals surface area (Å²) in [5.41, 5.74) is 7.37. The molecule has 3 N–H and O–H groups in total. The van der Waals surface area contributed by atoms with Gasteiger partial charge in [0.15, 0.2) is 0 Å². The second-order valence-corrected chi connectivity index (χ2v) is 7.15. The highest BCUT2D eigenvalue weighted by Crippen LogP contribution is 2.33. The monoisotopic (exact) mass is 397 g/mol. The molecule has 26 heavy (non-hydrogen) atoms. The van der Waals surface area contributed by atoms with Gasteiger partial charge in [0, 0.05) is 36.4 Å². The Morgan fingerprint density at radius 2 is 2.08 bits per heavy atom. The van der Waals surface area contributed by atoms with E-state index >= 15 is 0 Å². The molecular weight excluding hydrogens is 369 g/mol. The molecule has 0 aliphatic carbocycles. The van der Waals surface area contributed by atoms with Crippen LogP contribution in [0, 0.1) is 0 Å². The Labute approximate surface area is 167 Å². The molecule has 0 saturated heterocycles. The van der Waals surface area contributed by atoms with Crippen LogP contribution < -0.4 is 11.1 Å². The van der Waals surface area contributed by atoms with Crippen LogP contribution in [0.15, 0.2) is 36.2 Å². The molecule has 4 nitrogen and oxygen atoms in total. The SMILES string of the molecule is CCCCCOC1=CCN(Cc2c(Cl)ccc(NCCCN)c2Cl)C=C1. The zero-order valence-electron chi connectivity index (χ0n) is 15.4. The molecule has 2 rings (SSSR count). The maximum atomic E-state index is 6.57. The third-order valence-electron chi connectivity index (χ3n) is 4.24. The van der Waals surface area contributed by atoms with Crippen LogP contribution in [-0.4, -0.2) is 31.1 Å². The van der Waals surface area contributed by atoms with Crippen LogP contribution in [0.5, 0.6) is 0 Å². The number of nitrogens with two attached hydrogens (primary N) is 1. The molecule has 1 aromatic rings. The molecule has 0 unspecified atom stereocenters. The second kappa shape index (κ2) is 11.4. The highest BCUT2D eigenvalue weighted by Gasteiger charge is 2.14. The largest absolute Gasteiger partial charge is 0.494 e. The maximum Gasteiger partial charge on any atom is 0.118 e. The van der Waals surface area contributed by atoms with Crippen LogP contribution in [0.4, 0.5) is 5.69 Å². The van der Waals surface area contributed by atoms with Crippen molar-refractivity contribution >= 4 is 28.9 Å². The second-order valence-electron chi connectivity index (χ2n) is 6.36. The smallest absolute Gasteiger partial charge is 0.118 e. The first-order valence-corrected chi connectivity index (χ1v) is 10.1. The van der Waals surface area contributed by atoms with E-state index in [0.29, 0.717) is 23.1 Å². The molecule has 0 spiro atoms. The fraction of sp³-hybridized carbons (Fsp3) is 0.500. The fourth-order valence-corrected chi connectivity index (χ4v) is 3.25. The minimum Gasteiger partial charge on any atom is -0.494 e. The molecule has 6 heteroatoms. The Balaban J connectivity index is 1.92. The molecule has 0 fully saturated rings. The first-order chi connectivity index (χ1) is 12.7. The van der Waals surface area contributed by atoms with Crippen LogP contribution in [-0.2, 0) is 11.3 Å². The van der Waals surface area contributed by atoms with Crippen LogP contribution in [0.3, 0.4) is 0 Å². The molecule has 1 aliphatic rings. The summed E-state index contributed by atoms with van der Waals surface area (Å²) in [7, 11) is 0. The van der Waals surface area contributed by atoms with Crippen molar-refractivity contribution in [2.75, 3.05) is 31.6 Å². The summed E-state index contributed by atoms with van der Waals surface area (Å²) in [4.78, 5) is 2.16. The van der Waals surface area contributed by atoms with E-state index in [-0.39, 0.29) is 0 Å². The van der Waals surface area contributed by atoms with Crippen molar-refractivity contribution in [3.05, 3.63) is 51.9 Å². The number of nitrogens with one attached hydrogen (secondary N) is 1. The van der Waals surface area contributed by atoms with Crippen LogP contribution in [0.2, 0.25) is 10.0 Å². The van der Waals surface area contributed by atoms with Crippen molar-refractivity contribution in [1.29, 1.82) is 0 Å². The Hall–Kier alpha value is -1.36. The molecule has 0 atom stereocenters. The van der Waals surface area contributed by atoms with Crippen LogP contribution in [0.25, 0.3) is 0 Å². The number of nitrogens with zero attached hydrogens (tertiary/aromatic N) is 1. The zero-order valence-corrected chi connectivity index (χ0v) is 17.0. The summed E-state index contributed by atoms with van der Waals surface area (Å²) in [5, 5.41) is 4.67. The van der Waals surface area contributed by atoms with Crippen LogP contribution >= 0.6 is 23.2 Å². The van der Waals surface area contributed by atoms with Crippen molar-refractivity contribution < 1.29 is 4.74 Å². The lowest BCUT2D eigenvalue weighted by atomic mass is 10.1. The van der Waals surface area contributed by atoms with Gasteiger partial charge in [-0.15, -0.1) is 0 Å². The summed E-state index contributed by atoms with van der Waals surface area (Å²) in [6.45, 7) is 5.84. The minimum atomic E-state index is 0.652. The van der Waals surface area contributed by atoms with Gasteiger partial charge in [0.05, 0.1) is 17.3 Å². The van der Waals surface area contributed by atoms with E-state index in [1.54, 1.807) is 0 Å². The van der Waals surface area contributed by atoms with Crippen molar-refractivity contribution in [2.24, 2.45) is 5.73 Å². The van der Waals surface area contributed by atoms with E-state index in [1.807, 2.05) is 24.4 Å². The molecule has 144 valence electrons. The first-order valence-electron chi connectivity index (χ1n) is 9.31. The zero-order chi connectivity index (χ0) is 18.8. The van der Waals surface area contributed by atoms with Gasteiger partial charge in [-0.2, -0.15) is 0 Å². The number of ether oxygens (including phenoxy) is 1. The average molecular weight is 398 g/mol. The number of hydrogen-bond donors (Lipinski definition) is 2. The number of rotatable bonds is 11. The van der Waals surface area contributed by atoms with E-state index in [2.05, 4.69) is 23.2 Å². The van der Waals surface area contributed by atoms with Crippen molar-refractivity contribution in [2.45, 2.75) is 39.2 Å².